The van der Waals surface area contributed by atoms with Crippen LogP contribution in [-0.2, 0) is 9.59 Å². The van der Waals surface area contributed by atoms with E-state index in [4.69, 9.17) is 16.3 Å². The molecular weight excluding hydrogens is 406 g/mol. The van der Waals surface area contributed by atoms with Crippen LogP contribution in [0.15, 0.2) is 42.6 Å². The normalized spacial score (nSPS) is 16.2. The third-order valence-corrected chi connectivity index (χ3v) is 5.55. The van der Waals surface area contributed by atoms with Gasteiger partial charge in [0.15, 0.2) is 0 Å². The first-order valence-electron chi connectivity index (χ1n) is 9.47. The fourth-order valence-electron chi connectivity index (χ4n) is 3.64. The van der Waals surface area contributed by atoms with Gasteiger partial charge in [0.2, 0.25) is 5.91 Å². The molecule has 4 rings (SSSR count). The van der Waals surface area contributed by atoms with Crippen LogP contribution >= 0.6 is 11.6 Å². The molecular formula is C22H20ClN3O4. The Morgan fingerprint density at radius 3 is 2.77 bits per heavy atom. The minimum Gasteiger partial charge on any atom is -0.497 e. The van der Waals surface area contributed by atoms with Crippen molar-refractivity contribution >= 4 is 45.8 Å². The summed E-state index contributed by atoms with van der Waals surface area (Å²) in [5.74, 6) is -1.25. The van der Waals surface area contributed by atoms with Crippen molar-refractivity contribution in [3.8, 4) is 5.75 Å². The van der Waals surface area contributed by atoms with Gasteiger partial charge in [-0.25, -0.2) is 0 Å². The molecule has 0 bridgehead atoms. The van der Waals surface area contributed by atoms with Gasteiger partial charge in [-0.15, -0.1) is 0 Å². The first kappa shape index (κ1) is 20.0. The molecule has 1 unspecified atom stereocenters. The highest BCUT2D eigenvalue weighted by Gasteiger charge is 2.36. The van der Waals surface area contributed by atoms with E-state index in [1.54, 1.807) is 30.3 Å². The lowest BCUT2D eigenvalue weighted by molar-refractivity contribution is -0.124. The van der Waals surface area contributed by atoms with Crippen LogP contribution in [0.5, 0.6) is 5.75 Å². The van der Waals surface area contributed by atoms with E-state index in [9.17, 15) is 14.4 Å². The number of ether oxygens (including phenoxy) is 1. The van der Waals surface area contributed by atoms with Crippen LogP contribution in [-0.4, -0.2) is 42.3 Å². The number of hydrogen-bond acceptors (Lipinski definition) is 4. The van der Waals surface area contributed by atoms with Crippen LogP contribution in [0.3, 0.4) is 0 Å². The summed E-state index contributed by atoms with van der Waals surface area (Å²) in [4.78, 5) is 42.6. The van der Waals surface area contributed by atoms with E-state index in [0.29, 0.717) is 40.3 Å². The zero-order valence-electron chi connectivity index (χ0n) is 16.5. The molecule has 1 aliphatic heterocycles. The van der Waals surface area contributed by atoms with Crippen molar-refractivity contribution in [3.63, 3.8) is 0 Å². The number of benzene rings is 2. The highest BCUT2D eigenvalue weighted by Crippen LogP contribution is 2.30. The Hall–Kier alpha value is -3.32. The lowest BCUT2D eigenvalue weighted by atomic mass is 10.1. The Morgan fingerprint density at radius 2 is 2.03 bits per heavy atom. The van der Waals surface area contributed by atoms with Gasteiger partial charge in [-0.3, -0.25) is 14.4 Å². The van der Waals surface area contributed by atoms with Crippen molar-refractivity contribution in [1.82, 2.24) is 10.3 Å². The second-order valence-electron chi connectivity index (χ2n) is 7.20. The van der Waals surface area contributed by atoms with Gasteiger partial charge in [0.1, 0.15) is 11.8 Å². The average Bonchev–Trinajstić information content (AvgIpc) is 3.31. The summed E-state index contributed by atoms with van der Waals surface area (Å²) in [6, 6.07) is 9.87. The van der Waals surface area contributed by atoms with Crippen LogP contribution in [0, 0.1) is 6.92 Å². The highest BCUT2D eigenvalue weighted by atomic mass is 35.5. The molecule has 0 aliphatic carbocycles. The van der Waals surface area contributed by atoms with E-state index in [0.717, 1.165) is 5.56 Å². The number of amides is 2. The smallest absolute Gasteiger partial charge is 0.293 e. The summed E-state index contributed by atoms with van der Waals surface area (Å²) in [7, 11) is 1.53. The molecule has 2 aromatic carbocycles. The molecule has 1 atom stereocenters. The molecule has 2 heterocycles. The van der Waals surface area contributed by atoms with Gasteiger partial charge in [0, 0.05) is 23.6 Å². The largest absolute Gasteiger partial charge is 0.497 e. The Labute approximate surface area is 178 Å². The predicted octanol–water partition coefficient (Wildman–Crippen LogP) is 3.24. The van der Waals surface area contributed by atoms with Crippen LogP contribution in [0.25, 0.3) is 10.9 Å². The lowest BCUT2D eigenvalue weighted by Gasteiger charge is -2.18. The second-order valence-corrected chi connectivity index (χ2v) is 7.61. The van der Waals surface area contributed by atoms with Crippen LogP contribution < -0.4 is 15.0 Å². The zero-order chi connectivity index (χ0) is 21.4. The quantitative estimate of drug-likeness (QED) is 0.485. The Kier molecular flexibility index (Phi) is 5.22. The maximum Gasteiger partial charge on any atom is 0.293 e. The molecule has 1 aliphatic rings. The minimum atomic E-state index is -0.825. The number of ketones is 1. The van der Waals surface area contributed by atoms with Gasteiger partial charge < -0.3 is 19.9 Å². The van der Waals surface area contributed by atoms with Gasteiger partial charge in [0.25, 0.3) is 11.7 Å². The lowest BCUT2D eigenvalue weighted by Crippen LogP contribution is -2.44. The van der Waals surface area contributed by atoms with Gasteiger partial charge in [-0.2, -0.15) is 0 Å². The number of nitrogens with one attached hydrogen (secondary N) is 2. The molecule has 0 saturated carbocycles. The van der Waals surface area contributed by atoms with Gasteiger partial charge in [-0.05, 0) is 49.2 Å². The monoisotopic (exact) mass is 425 g/mol. The molecule has 0 radical (unpaired) electrons. The number of aromatic nitrogens is 1. The van der Waals surface area contributed by atoms with E-state index in [-0.39, 0.29) is 11.5 Å². The number of fused-ring (bicyclic) bond motifs is 1. The number of methoxy groups -OCH3 is 1. The van der Waals surface area contributed by atoms with Gasteiger partial charge >= 0.3 is 0 Å². The number of carbonyl (C=O) groups is 3. The number of carbonyl (C=O) groups excluding carboxylic acids is 3. The van der Waals surface area contributed by atoms with E-state index in [2.05, 4.69) is 10.3 Å². The summed E-state index contributed by atoms with van der Waals surface area (Å²) in [5.41, 5.74) is 2.52. The number of H-pyrrole nitrogens is 1. The second kappa shape index (κ2) is 7.84. The third kappa shape index (κ3) is 3.52. The SMILES string of the molecule is COc1ccc2[nH]cc(C(=O)C(=O)NC3CCN(c4ccc(C)cc4Cl)C3=O)c2c1. The van der Waals surface area contributed by atoms with E-state index in [1.807, 2.05) is 13.0 Å². The van der Waals surface area contributed by atoms with Crippen molar-refractivity contribution in [3.05, 3.63) is 58.7 Å². The van der Waals surface area contributed by atoms with Crippen molar-refractivity contribution in [2.24, 2.45) is 0 Å². The fraction of sp³-hybridized carbons (Fsp3) is 0.227. The van der Waals surface area contributed by atoms with E-state index in [1.165, 1.54) is 18.2 Å². The molecule has 3 aromatic rings. The molecule has 1 saturated heterocycles. The van der Waals surface area contributed by atoms with Crippen LogP contribution in [0.4, 0.5) is 5.69 Å². The number of aryl methyl sites for hydroxylation is 1. The number of rotatable bonds is 5. The molecule has 1 fully saturated rings. The molecule has 0 spiro atoms. The standard InChI is InChI=1S/C22H20ClN3O4/c1-12-3-6-19(16(23)9-12)26-8-7-18(22(26)29)25-21(28)20(27)15-11-24-17-5-4-13(30-2)10-14(15)17/h3-6,9-11,18,24H,7-8H2,1-2H3,(H,25,28). The van der Waals surface area contributed by atoms with Gasteiger partial charge in [-0.1, -0.05) is 17.7 Å². The minimum absolute atomic E-state index is 0.227. The van der Waals surface area contributed by atoms with E-state index >= 15 is 0 Å². The number of halogens is 1. The summed E-state index contributed by atoms with van der Waals surface area (Å²) in [5, 5.41) is 3.63. The third-order valence-electron chi connectivity index (χ3n) is 5.24. The molecule has 7 nitrogen and oxygen atoms in total. The molecule has 8 heteroatoms. The zero-order valence-corrected chi connectivity index (χ0v) is 17.2. The number of aromatic amines is 1. The molecule has 30 heavy (non-hydrogen) atoms. The summed E-state index contributed by atoms with van der Waals surface area (Å²) >= 11 is 6.28. The summed E-state index contributed by atoms with van der Waals surface area (Å²) in [6.07, 6.45) is 1.88. The maximum absolute atomic E-state index is 12.8. The molecule has 1 aromatic heterocycles. The molecule has 154 valence electrons. The molecule has 2 N–H and O–H groups in total. The predicted molar refractivity (Wildman–Crippen MR) is 114 cm³/mol. The number of nitrogens with zero attached hydrogens (tertiary/aromatic N) is 1. The van der Waals surface area contributed by atoms with Crippen LogP contribution in [0.2, 0.25) is 5.02 Å². The summed E-state index contributed by atoms with van der Waals surface area (Å²) < 4.78 is 5.19. The van der Waals surface area contributed by atoms with Crippen molar-refractivity contribution in [1.29, 1.82) is 0 Å². The van der Waals surface area contributed by atoms with Crippen molar-refractivity contribution in [2.45, 2.75) is 19.4 Å². The number of anilines is 1. The van der Waals surface area contributed by atoms with Crippen LogP contribution in [0.1, 0.15) is 22.3 Å². The maximum atomic E-state index is 12.8. The Balaban J connectivity index is 1.50. The molecule has 2 amide bonds. The van der Waals surface area contributed by atoms with Crippen molar-refractivity contribution < 1.29 is 19.1 Å². The average molecular weight is 426 g/mol. The number of Topliss-reactive ketones (excluding diaryl/α,β-unsaturated/α-hetero) is 1. The van der Waals surface area contributed by atoms with E-state index < -0.39 is 17.7 Å². The topological polar surface area (TPSA) is 91.5 Å². The summed E-state index contributed by atoms with van der Waals surface area (Å²) in [6.45, 7) is 2.32. The first-order chi connectivity index (χ1) is 14.4. The highest BCUT2D eigenvalue weighted by molar-refractivity contribution is 6.45. The Morgan fingerprint density at radius 1 is 1.23 bits per heavy atom. The number of hydrogen-bond donors (Lipinski definition) is 2. The fourth-order valence-corrected chi connectivity index (χ4v) is 3.98. The first-order valence-corrected chi connectivity index (χ1v) is 9.84. The van der Waals surface area contributed by atoms with Gasteiger partial charge in [0.05, 0.1) is 23.4 Å². The Bertz CT molecular complexity index is 1170. The van der Waals surface area contributed by atoms with Crippen molar-refractivity contribution in [2.75, 3.05) is 18.6 Å².